The Kier molecular flexibility index (Phi) is 6.75. The van der Waals surface area contributed by atoms with Crippen LogP contribution in [0.5, 0.6) is 0 Å². The van der Waals surface area contributed by atoms with E-state index in [1.807, 2.05) is 19.9 Å². The Morgan fingerprint density at radius 3 is 2.13 bits per heavy atom. The molecule has 1 unspecified atom stereocenters. The van der Waals surface area contributed by atoms with Gasteiger partial charge in [0.1, 0.15) is 12.4 Å². The molecule has 3 rings (SSSR count). The lowest BCUT2D eigenvalue weighted by Crippen LogP contribution is -2.41. The minimum Gasteiger partial charge on any atom is -0.348 e. The van der Waals surface area contributed by atoms with E-state index in [0.717, 1.165) is 21.0 Å². The number of rotatable bonds is 7. The van der Waals surface area contributed by atoms with Gasteiger partial charge in [-0.25, -0.2) is 12.8 Å². The summed E-state index contributed by atoms with van der Waals surface area (Å²) in [6.45, 7) is 5.13. The van der Waals surface area contributed by atoms with E-state index in [1.165, 1.54) is 24.3 Å². The first-order valence-electron chi connectivity index (χ1n) is 9.88. The van der Waals surface area contributed by atoms with Gasteiger partial charge in [0.05, 0.1) is 16.6 Å². The number of sulfonamides is 1. The summed E-state index contributed by atoms with van der Waals surface area (Å²) in [6, 6.07) is 18.8. The summed E-state index contributed by atoms with van der Waals surface area (Å²) in [5.74, 6) is -0.826. The van der Waals surface area contributed by atoms with Crippen molar-refractivity contribution in [3.05, 3.63) is 95.3 Å². The van der Waals surface area contributed by atoms with E-state index in [0.29, 0.717) is 5.69 Å². The normalized spacial score (nSPS) is 12.3. The van der Waals surface area contributed by atoms with Gasteiger partial charge in [-0.3, -0.25) is 9.10 Å². The van der Waals surface area contributed by atoms with Crippen molar-refractivity contribution >= 4 is 21.6 Å². The van der Waals surface area contributed by atoms with E-state index >= 15 is 0 Å². The molecule has 162 valence electrons. The van der Waals surface area contributed by atoms with E-state index < -0.39 is 22.0 Å². The van der Waals surface area contributed by atoms with Gasteiger partial charge >= 0.3 is 0 Å². The molecule has 3 aromatic carbocycles. The second kappa shape index (κ2) is 9.31. The molecule has 0 fully saturated rings. The van der Waals surface area contributed by atoms with Gasteiger partial charge in [-0.05, 0) is 73.9 Å². The molecule has 0 aliphatic heterocycles. The molecule has 0 bridgehead atoms. The summed E-state index contributed by atoms with van der Waals surface area (Å²) < 4.78 is 41.1. The first kappa shape index (κ1) is 22.5. The van der Waals surface area contributed by atoms with E-state index in [-0.39, 0.29) is 17.3 Å². The Morgan fingerprint density at radius 1 is 0.968 bits per heavy atom. The molecular formula is C24H25FN2O3S. The number of carbonyl (C=O) groups is 1. The van der Waals surface area contributed by atoms with Gasteiger partial charge in [0.25, 0.3) is 10.0 Å². The number of aryl methyl sites for hydroxylation is 2. The van der Waals surface area contributed by atoms with Crippen molar-refractivity contribution in [3.8, 4) is 0 Å². The second-order valence-corrected chi connectivity index (χ2v) is 9.37. The SMILES string of the molecule is Cc1cc(C)cc(N(CC(=O)NC(C)c2ccc(F)cc2)S(=O)(=O)c2ccccc2)c1. The maximum Gasteiger partial charge on any atom is 0.264 e. The zero-order chi connectivity index (χ0) is 22.6. The first-order valence-corrected chi connectivity index (χ1v) is 11.3. The van der Waals surface area contributed by atoms with Gasteiger partial charge in [-0.1, -0.05) is 36.4 Å². The van der Waals surface area contributed by atoms with Crippen molar-refractivity contribution in [1.82, 2.24) is 5.32 Å². The molecule has 1 N–H and O–H groups in total. The third kappa shape index (κ3) is 5.49. The van der Waals surface area contributed by atoms with Gasteiger partial charge in [0.15, 0.2) is 0 Å². The summed E-state index contributed by atoms with van der Waals surface area (Å²) in [7, 11) is -3.97. The fourth-order valence-electron chi connectivity index (χ4n) is 3.38. The lowest BCUT2D eigenvalue weighted by Gasteiger charge is -2.26. The standard InChI is InChI=1S/C24H25FN2O3S/c1-17-13-18(2)15-22(14-17)27(31(29,30)23-7-5-4-6-8-23)16-24(28)26-19(3)20-9-11-21(25)12-10-20/h4-15,19H,16H2,1-3H3,(H,26,28). The zero-order valence-electron chi connectivity index (χ0n) is 17.7. The lowest BCUT2D eigenvalue weighted by molar-refractivity contribution is -0.120. The molecule has 7 heteroatoms. The predicted molar refractivity (Wildman–Crippen MR) is 120 cm³/mol. The fraction of sp³-hybridized carbons (Fsp3) is 0.208. The van der Waals surface area contributed by atoms with Crippen LogP contribution in [0.1, 0.15) is 29.7 Å². The van der Waals surface area contributed by atoms with Crippen LogP contribution in [0.15, 0.2) is 77.7 Å². The quantitative estimate of drug-likeness (QED) is 0.588. The van der Waals surface area contributed by atoms with Crippen LogP contribution in [-0.4, -0.2) is 20.9 Å². The molecule has 0 saturated heterocycles. The maximum absolute atomic E-state index is 13.4. The zero-order valence-corrected chi connectivity index (χ0v) is 18.5. The summed E-state index contributed by atoms with van der Waals surface area (Å²) in [5, 5.41) is 2.80. The van der Waals surface area contributed by atoms with Crippen molar-refractivity contribution < 1.29 is 17.6 Å². The molecule has 31 heavy (non-hydrogen) atoms. The molecule has 0 saturated carbocycles. The number of anilines is 1. The smallest absolute Gasteiger partial charge is 0.264 e. The number of nitrogens with zero attached hydrogens (tertiary/aromatic N) is 1. The Hall–Kier alpha value is -3.19. The number of amides is 1. The van der Waals surface area contributed by atoms with Crippen LogP contribution in [-0.2, 0) is 14.8 Å². The molecule has 0 heterocycles. The van der Waals surface area contributed by atoms with Crippen molar-refractivity contribution in [2.45, 2.75) is 31.7 Å². The molecule has 0 aromatic heterocycles. The highest BCUT2D eigenvalue weighted by Crippen LogP contribution is 2.26. The summed E-state index contributed by atoms with van der Waals surface area (Å²) in [6.07, 6.45) is 0. The van der Waals surface area contributed by atoms with Crippen LogP contribution < -0.4 is 9.62 Å². The molecule has 0 aliphatic rings. The first-order chi connectivity index (χ1) is 14.7. The average molecular weight is 441 g/mol. The summed E-state index contributed by atoms with van der Waals surface area (Å²) in [4.78, 5) is 12.9. The number of halogens is 1. The van der Waals surface area contributed by atoms with Crippen LogP contribution in [0.4, 0.5) is 10.1 Å². The third-order valence-electron chi connectivity index (χ3n) is 4.86. The van der Waals surface area contributed by atoms with Crippen LogP contribution in [0.2, 0.25) is 0 Å². The predicted octanol–water partition coefficient (Wildman–Crippen LogP) is 4.52. The van der Waals surface area contributed by atoms with Crippen LogP contribution >= 0.6 is 0 Å². The van der Waals surface area contributed by atoms with Gasteiger partial charge in [-0.2, -0.15) is 0 Å². The third-order valence-corrected chi connectivity index (χ3v) is 6.65. The molecule has 0 aliphatic carbocycles. The Balaban J connectivity index is 1.91. The Labute approximate surface area is 182 Å². The molecule has 1 amide bonds. The van der Waals surface area contributed by atoms with E-state index in [2.05, 4.69) is 5.32 Å². The molecule has 1 atom stereocenters. The molecule has 0 spiro atoms. The number of nitrogens with one attached hydrogen (secondary N) is 1. The van der Waals surface area contributed by atoms with Crippen molar-refractivity contribution in [1.29, 1.82) is 0 Å². The van der Waals surface area contributed by atoms with Gasteiger partial charge in [0, 0.05) is 0 Å². The Morgan fingerprint density at radius 2 is 1.55 bits per heavy atom. The fourth-order valence-corrected chi connectivity index (χ4v) is 4.81. The minimum atomic E-state index is -3.97. The number of benzene rings is 3. The molecule has 5 nitrogen and oxygen atoms in total. The van der Waals surface area contributed by atoms with Gasteiger partial charge in [0.2, 0.25) is 5.91 Å². The van der Waals surface area contributed by atoms with E-state index in [9.17, 15) is 17.6 Å². The van der Waals surface area contributed by atoms with E-state index in [4.69, 9.17) is 0 Å². The van der Waals surface area contributed by atoms with Crippen molar-refractivity contribution in [2.24, 2.45) is 0 Å². The highest BCUT2D eigenvalue weighted by molar-refractivity contribution is 7.92. The monoisotopic (exact) mass is 440 g/mol. The minimum absolute atomic E-state index is 0.105. The molecule has 0 radical (unpaired) electrons. The van der Waals surface area contributed by atoms with E-state index in [1.54, 1.807) is 49.4 Å². The maximum atomic E-state index is 13.4. The topological polar surface area (TPSA) is 66.5 Å². The number of hydrogen-bond acceptors (Lipinski definition) is 3. The molecular weight excluding hydrogens is 415 g/mol. The molecule has 3 aromatic rings. The van der Waals surface area contributed by atoms with Gasteiger partial charge in [-0.15, -0.1) is 0 Å². The number of hydrogen-bond donors (Lipinski definition) is 1. The largest absolute Gasteiger partial charge is 0.348 e. The summed E-state index contributed by atoms with van der Waals surface area (Å²) in [5.41, 5.74) is 2.93. The average Bonchev–Trinajstić information content (AvgIpc) is 2.72. The van der Waals surface area contributed by atoms with Crippen LogP contribution in [0.25, 0.3) is 0 Å². The summed E-state index contributed by atoms with van der Waals surface area (Å²) >= 11 is 0. The highest BCUT2D eigenvalue weighted by atomic mass is 32.2. The van der Waals surface area contributed by atoms with Gasteiger partial charge < -0.3 is 5.32 Å². The van der Waals surface area contributed by atoms with Crippen molar-refractivity contribution in [2.75, 3.05) is 10.8 Å². The number of carbonyl (C=O) groups excluding carboxylic acids is 1. The second-order valence-electron chi connectivity index (χ2n) is 7.51. The Bertz CT molecular complexity index is 1140. The van der Waals surface area contributed by atoms with Crippen LogP contribution in [0.3, 0.4) is 0 Å². The van der Waals surface area contributed by atoms with Crippen LogP contribution in [0, 0.1) is 19.7 Å². The van der Waals surface area contributed by atoms with Crippen molar-refractivity contribution in [3.63, 3.8) is 0 Å². The lowest BCUT2D eigenvalue weighted by atomic mass is 10.1. The highest BCUT2D eigenvalue weighted by Gasteiger charge is 2.28.